The van der Waals surface area contributed by atoms with E-state index in [1.54, 1.807) is 17.4 Å². The summed E-state index contributed by atoms with van der Waals surface area (Å²) in [5.74, 6) is 0.567. The van der Waals surface area contributed by atoms with Crippen LogP contribution in [0.5, 0.6) is 0 Å². The van der Waals surface area contributed by atoms with Gasteiger partial charge in [0.15, 0.2) is 0 Å². The summed E-state index contributed by atoms with van der Waals surface area (Å²) >= 11 is 1.59. The van der Waals surface area contributed by atoms with Crippen LogP contribution in [0.3, 0.4) is 0 Å². The predicted molar refractivity (Wildman–Crippen MR) is 82.9 cm³/mol. The van der Waals surface area contributed by atoms with Crippen LogP contribution in [-0.4, -0.2) is 32.2 Å². The molecule has 0 saturated carbocycles. The quantitative estimate of drug-likeness (QED) is 0.718. The van der Waals surface area contributed by atoms with E-state index in [2.05, 4.69) is 15.0 Å². The smallest absolute Gasteiger partial charge is 0.241 e. The molecule has 0 aliphatic rings. The van der Waals surface area contributed by atoms with Crippen molar-refractivity contribution in [1.82, 2.24) is 9.71 Å². The van der Waals surface area contributed by atoms with E-state index in [-0.39, 0.29) is 17.5 Å². The minimum Gasteiger partial charge on any atom is -0.396 e. The van der Waals surface area contributed by atoms with Gasteiger partial charge in [0.05, 0.1) is 6.04 Å². The maximum Gasteiger partial charge on any atom is 0.241 e. The van der Waals surface area contributed by atoms with E-state index in [9.17, 15) is 8.42 Å². The summed E-state index contributed by atoms with van der Waals surface area (Å²) in [7, 11) is -2.12. The van der Waals surface area contributed by atoms with Crippen molar-refractivity contribution in [1.29, 1.82) is 0 Å². The molecule has 6 nitrogen and oxygen atoms in total. The van der Waals surface area contributed by atoms with Crippen molar-refractivity contribution in [3.05, 3.63) is 40.7 Å². The van der Waals surface area contributed by atoms with Crippen molar-refractivity contribution in [2.45, 2.75) is 17.4 Å². The van der Waals surface area contributed by atoms with Gasteiger partial charge in [-0.15, -0.1) is 11.3 Å². The molecule has 0 radical (unpaired) electrons. The summed E-state index contributed by atoms with van der Waals surface area (Å²) in [4.78, 5) is 5.33. The van der Waals surface area contributed by atoms with Crippen molar-refractivity contribution >= 4 is 27.2 Å². The normalized spacial score (nSPS) is 13.0. The number of pyridine rings is 1. The lowest BCUT2D eigenvalue weighted by Gasteiger charge is -2.17. The van der Waals surface area contributed by atoms with Gasteiger partial charge in [-0.2, -0.15) is 0 Å². The Morgan fingerprint density at radius 1 is 1.38 bits per heavy atom. The van der Waals surface area contributed by atoms with Crippen molar-refractivity contribution in [3.63, 3.8) is 0 Å². The Labute approximate surface area is 127 Å². The molecule has 21 heavy (non-hydrogen) atoms. The summed E-state index contributed by atoms with van der Waals surface area (Å²) in [6, 6.07) is 6.99. The third-order valence-electron chi connectivity index (χ3n) is 2.94. The maximum atomic E-state index is 11.6. The number of aliphatic hydroxyl groups excluding tert-OH is 1. The fraction of sp³-hybridized carbons (Fsp3) is 0.308. The van der Waals surface area contributed by atoms with Crippen molar-refractivity contribution in [2.75, 3.05) is 19.0 Å². The summed E-state index contributed by atoms with van der Waals surface area (Å²) in [6.45, 7) is 0.0573. The Hall–Kier alpha value is -1.48. The maximum absolute atomic E-state index is 11.6. The van der Waals surface area contributed by atoms with Gasteiger partial charge in [-0.05, 0) is 37.0 Å². The number of aromatic nitrogens is 1. The number of aliphatic hydroxyl groups is 1. The Morgan fingerprint density at radius 3 is 2.71 bits per heavy atom. The molecule has 3 N–H and O–H groups in total. The average molecular weight is 327 g/mol. The number of rotatable bonds is 7. The molecule has 0 aromatic carbocycles. The van der Waals surface area contributed by atoms with Gasteiger partial charge >= 0.3 is 0 Å². The van der Waals surface area contributed by atoms with Crippen LogP contribution in [-0.2, 0) is 10.0 Å². The van der Waals surface area contributed by atoms with E-state index in [1.165, 1.54) is 19.3 Å². The van der Waals surface area contributed by atoms with Gasteiger partial charge in [0.2, 0.25) is 10.0 Å². The molecule has 2 rings (SSSR count). The van der Waals surface area contributed by atoms with Crippen molar-refractivity contribution < 1.29 is 13.5 Å². The van der Waals surface area contributed by atoms with Crippen LogP contribution in [0.2, 0.25) is 0 Å². The molecular weight excluding hydrogens is 310 g/mol. The summed E-state index contributed by atoms with van der Waals surface area (Å²) < 4.78 is 25.5. The molecule has 0 spiro atoms. The van der Waals surface area contributed by atoms with E-state index >= 15 is 0 Å². The fourth-order valence-corrected chi connectivity index (χ4v) is 3.31. The van der Waals surface area contributed by atoms with Gasteiger partial charge in [-0.25, -0.2) is 18.1 Å². The van der Waals surface area contributed by atoms with Crippen LogP contribution in [0.15, 0.2) is 40.7 Å². The highest BCUT2D eigenvalue weighted by molar-refractivity contribution is 7.89. The topological polar surface area (TPSA) is 91.3 Å². The molecule has 8 heteroatoms. The van der Waals surface area contributed by atoms with E-state index in [0.717, 1.165) is 4.88 Å². The molecule has 2 aromatic rings. The van der Waals surface area contributed by atoms with Gasteiger partial charge in [0.1, 0.15) is 10.7 Å². The monoisotopic (exact) mass is 327 g/mol. The molecule has 0 amide bonds. The second kappa shape index (κ2) is 6.99. The van der Waals surface area contributed by atoms with Crippen LogP contribution in [0, 0.1) is 0 Å². The van der Waals surface area contributed by atoms with E-state index < -0.39 is 10.0 Å². The van der Waals surface area contributed by atoms with E-state index in [1.807, 2.05) is 17.5 Å². The van der Waals surface area contributed by atoms with Crippen LogP contribution in [0.1, 0.15) is 17.3 Å². The summed E-state index contributed by atoms with van der Waals surface area (Å²) in [6.07, 6.45) is 1.86. The molecule has 114 valence electrons. The second-order valence-corrected chi connectivity index (χ2v) is 7.18. The van der Waals surface area contributed by atoms with Crippen LogP contribution in [0.25, 0.3) is 0 Å². The number of nitrogens with one attached hydrogen (secondary N) is 2. The highest BCUT2D eigenvalue weighted by atomic mass is 32.2. The SMILES string of the molecule is CNS(=O)(=O)c1ccc(NC(CCO)c2cccs2)nc1. The zero-order chi connectivity index (χ0) is 15.3. The largest absolute Gasteiger partial charge is 0.396 e. The zero-order valence-corrected chi connectivity index (χ0v) is 13.1. The van der Waals surface area contributed by atoms with E-state index in [4.69, 9.17) is 5.11 Å². The van der Waals surface area contributed by atoms with Gasteiger partial charge in [0, 0.05) is 17.7 Å². The van der Waals surface area contributed by atoms with Gasteiger partial charge in [-0.3, -0.25) is 0 Å². The number of sulfonamides is 1. The molecule has 0 fully saturated rings. The molecule has 0 aliphatic heterocycles. The molecule has 0 aliphatic carbocycles. The van der Waals surface area contributed by atoms with E-state index in [0.29, 0.717) is 12.2 Å². The Kier molecular flexibility index (Phi) is 5.29. The van der Waals surface area contributed by atoms with Crippen LogP contribution < -0.4 is 10.0 Å². The molecule has 0 bridgehead atoms. The van der Waals surface area contributed by atoms with Gasteiger partial charge in [-0.1, -0.05) is 6.07 Å². The molecule has 2 aromatic heterocycles. The fourth-order valence-electron chi connectivity index (χ4n) is 1.83. The van der Waals surface area contributed by atoms with Crippen LogP contribution in [0.4, 0.5) is 5.82 Å². The Bertz CT molecular complexity index is 654. The van der Waals surface area contributed by atoms with Gasteiger partial charge < -0.3 is 10.4 Å². The minimum absolute atomic E-state index is 0.0470. The van der Waals surface area contributed by atoms with Gasteiger partial charge in [0.25, 0.3) is 0 Å². The van der Waals surface area contributed by atoms with Crippen molar-refractivity contribution in [2.24, 2.45) is 0 Å². The number of nitrogens with zero attached hydrogens (tertiary/aromatic N) is 1. The first-order chi connectivity index (χ1) is 10.1. The first-order valence-corrected chi connectivity index (χ1v) is 8.73. The number of thiophene rings is 1. The standard InChI is InChI=1S/C13H17N3O3S2/c1-14-21(18,19)10-4-5-13(15-9-10)16-11(6-7-17)12-3-2-8-20-12/h2-5,8-9,11,14,17H,6-7H2,1H3,(H,15,16). The first-order valence-electron chi connectivity index (χ1n) is 6.37. The lowest BCUT2D eigenvalue weighted by atomic mass is 10.2. The molecule has 2 heterocycles. The Morgan fingerprint density at radius 2 is 2.19 bits per heavy atom. The molecule has 1 unspecified atom stereocenters. The first kappa shape index (κ1) is 15.9. The predicted octanol–water partition coefficient (Wildman–Crippen LogP) is 1.59. The molecule has 0 saturated heterocycles. The zero-order valence-electron chi connectivity index (χ0n) is 11.5. The number of anilines is 1. The number of hydrogen-bond donors (Lipinski definition) is 3. The summed E-state index contributed by atoms with van der Waals surface area (Å²) in [5.41, 5.74) is 0. The lowest BCUT2D eigenvalue weighted by Crippen LogP contribution is -2.19. The minimum atomic E-state index is -3.48. The third kappa shape index (κ3) is 4.01. The van der Waals surface area contributed by atoms with Crippen LogP contribution >= 0.6 is 11.3 Å². The highest BCUT2D eigenvalue weighted by Gasteiger charge is 2.14. The highest BCUT2D eigenvalue weighted by Crippen LogP contribution is 2.25. The lowest BCUT2D eigenvalue weighted by molar-refractivity contribution is 0.280. The molecular formula is C13H17N3O3S2. The third-order valence-corrected chi connectivity index (χ3v) is 5.33. The van der Waals surface area contributed by atoms with Crippen molar-refractivity contribution in [3.8, 4) is 0 Å². The number of hydrogen-bond acceptors (Lipinski definition) is 6. The second-order valence-electron chi connectivity index (χ2n) is 4.31. The Balaban J connectivity index is 2.15. The summed E-state index contributed by atoms with van der Waals surface area (Å²) in [5, 5.41) is 14.3. The molecule has 1 atom stereocenters. The average Bonchev–Trinajstić information content (AvgIpc) is 3.01.